The summed E-state index contributed by atoms with van der Waals surface area (Å²) < 4.78 is 61.7. The van der Waals surface area contributed by atoms with Crippen LogP contribution in [0, 0.1) is 11.6 Å². The standard InChI is InChI=1S/C25H24F4O2/c1-25(2,18-6-10-21(11-7-18)31-24(28)29)15-3-4-17-5-14-22(27)23(16-17)30-20-12-8-19(26)9-13-20/h5-14,16,24H,3-4,15H2,1-2H3. The van der Waals surface area contributed by atoms with Crippen molar-refractivity contribution in [3.8, 4) is 17.2 Å². The molecule has 0 aliphatic heterocycles. The molecular formula is C25H24F4O2. The van der Waals surface area contributed by atoms with E-state index in [-0.39, 0.29) is 22.7 Å². The number of aryl methyl sites for hydroxylation is 1. The van der Waals surface area contributed by atoms with Gasteiger partial charge in [0.2, 0.25) is 0 Å². The number of hydrogen-bond donors (Lipinski definition) is 0. The number of alkyl halides is 2. The summed E-state index contributed by atoms with van der Waals surface area (Å²) in [6, 6.07) is 16.8. The molecule has 0 fully saturated rings. The molecule has 6 heteroatoms. The van der Waals surface area contributed by atoms with E-state index in [0.717, 1.165) is 30.4 Å². The van der Waals surface area contributed by atoms with E-state index in [9.17, 15) is 17.6 Å². The van der Waals surface area contributed by atoms with Gasteiger partial charge in [-0.05, 0) is 84.3 Å². The Morgan fingerprint density at radius 1 is 0.839 bits per heavy atom. The smallest absolute Gasteiger partial charge is 0.387 e. The number of halogens is 4. The van der Waals surface area contributed by atoms with Gasteiger partial charge in [-0.1, -0.05) is 32.0 Å². The van der Waals surface area contributed by atoms with Gasteiger partial charge in [-0.3, -0.25) is 0 Å². The van der Waals surface area contributed by atoms with Crippen molar-refractivity contribution < 1.29 is 27.0 Å². The van der Waals surface area contributed by atoms with E-state index in [2.05, 4.69) is 18.6 Å². The molecule has 0 N–H and O–H groups in total. The van der Waals surface area contributed by atoms with Crippen LogP contribution >= 0.6 is 0 Å². The molecule has 0 spiro atoms. The Morgan fingerprint density at radius 3 is 2.13 bits per heavy atom. The van der Waals surface area contributed by atoms with Crippen LogP contribution in [-0.4, -0.2) is 6.61 Å². The SMILES string of the molecule is CC(C)(CCCc1ccc(F)c(Oc2ccc(F)cc2)c1)c1ccc(OC(F)F)cc1. The minimum atomic E-state index is -2.84. The number of benzene rings is 3. The molecule has 0 radical (unpaired) electrons. The van der Waals surface area contributed by atoms with Crippen LogP contribution in [0.5, 0.6) is 17.2 Å². The van der Waals surface area contributed by atoms with E-state index in [0.29, 0.717) is 5.75 Å². The summed E-state index contributed by atoms with van der Waals surface area (Å²) in [5, 5.41) is 0. The molecule has 164 valence electrons. The second-order valence-electron chi connectivity index (χ2n) is 7.96. The minimum absolute atomic E-state index is 0.0954. The van der Waals surface area contributed by atoms with E-state index in [1.165, 1.54) is 30.3 Å². The Kier molecular flexibility index (Phi) is 7.21. The highest BCUT2D eigenvalue weighted by atomic mass is 19.3. The van der Waals surface area contributed by atoms with Crippen molar-refractivity contribution in [3.05, 3.63) is 89.5 Å². The average Bonchev–Trinajstić information content (AvgIpc) is 2.72. The van der Waals surface area contributed by atoms with Crippen LogP contribution in [0.3, 0.4) is 0 Å². The Balaban J connectivity index is 1.59. The fraction of sp³-hybridized carbons (Fsp3) is 0.280. The van der Waals surface area contributed by atoms with Crippen molar-refractivity contribution in [3.63, 3.8) is 0 Å². The van der Waals surface area contributed by atoms with Gasteiger partial charge in [-0.15, -0.1) is 0 Å². The van der Waals surface area contributed by atoms with Gasteiger partial charge in [-0.2, -0.15) is 8.78 Å². The molecule has 0 unspecified atom stereocenters. The number of rotatable bonds is 9. The summed E-state index contributed by atoms with van der Waals surface area (Å²) >= 11 is 0. The molecule has 0 atom stereocenters. The van der Waals surface area contributed by atoms with Crippen LogP contribution in [0.15, 0.2) is 66.7 Å². The maximum absolute atomic E-state index is 14.1. The maximum atomic E-state index is 14.1. The lowest BCUT2D eigenvalue weighted by Crippen LogP contribution is -2.17. The zero-order valence-corrected chi connectivity index (χ0v) is 17.4. The minimum Gasteiger partial charge on any atom is -0.454 e. The Hall–Kier alpha value is -3.02. The van der Waals surface area contributed by atoms with Crippen molar-refractivity contribution in [1.29, 1.82) is 0 Å². The topological polar surface area (TPSA) is 18.5 Å². The lowest BCUT2D eigenvalue weighted by Gasteiger charge is -2.25. The number of hydrogen-bond acceptors (Lipinski definition) is 2. The predicted octanol–water partition coefficient (Wildman–Crippen LogP) is 7.66. The second kappa shape index (κ2) is 9.86. The molecule has 0 amide bonds. The average molecular weight is 432 g/mol. The van der Waals surface area contributed by atoms with Crippen molar-refractivity contribution >= 4 is 0 Å². The van der Waals surface area contributed by atoms with Gasteiger partial charge in [0.15, 0.2) is 11.6 Å². The molecule has 0 heterocycles. The Bertz CT molecular complexity index is 983. The Morgan fingerprint density at radius 2 is 1.48 bits per heavy atom. The van der Waals surface area contributed by atoms with Crippen molar-refractivity contribution in [1.82, 2.24) is 0 Å². The van der Waals surface area contributed by atoms with Gasteiger partial charge in [0.1, 0.15) is 17.3 Å². The fourth-order valence-corrected chi connectivity index (χ4v) is 3.38. The van der Waals surface area contributed by atoms with Gasteiger partial charge in [0.05, 0.1) is 0 Å². The molecule has 0 aliphatic carbocycles. The van der Waals surface area contributed by atoms with Crippen LogP contribution in [0.25, 0.3) is 0 Å². The van der Waals surface area contributed by atoms with Crippen LogP contribution in [0.4, 0.5) is 17.6 Å². The third kappa shape index (κ3) is 6.48. The maximum Gasteiger partial charge on any atom is 0.387 e. The van der Waals surface area contributed by atoms with Crippen molar-refractivity contribution in [2.45, 2.75) is 45.1 Å². The molecule has 31 heavy (non-hydrogen) atoms. The molecule has 0 bridgehead atoms. The molecule has 2 nitrogen and oxygen atoms in total. The first-order valence-corrected chi connectivity index (χ1v) is 10.0. The summed E-state index contributed by atoms with van der Waals surface area (Å²) in [7, 11) is 0. The molecule has 0 aromatic heterocycles. The highest BCUT2D eigenvalue weighted by molar-refractivity contribution is 5.36. The van der Waals surface area contributed by atoms with Gasteiger partial charge >= 0.3 is 6.61 Å². The molecule has 3 aromatic carbocycles. The quantitative estimate of drug-likeness (QED) is 0.323. The highest BCUT2D eigenvalue weighted by Crippen LogP contribution is 2.31. The van der Waals surface area contributed by atoms with Crippen LogP contribution in [0.1, 0.15) is 37.8 Å². The first kappa shape index (κ1) is 22.7. The second-order valence-corrected chi connectivity index (χ2v) is 7.96. The van der Waals surface area contributed by atoms with Crippen molar-refractivity contribution in [2.75, 3.05) is 0 Å². The van der Waals surface area contributed by atoms with E-state index in [1.807, 2.05) is 0 Å². The molecule has 0 aliphatic rings. The first-order valence-electron chi connectivity index (χ1n) is 10.0. The third-order valence-electron chi connectivity index (χ3n) is 5.17. The van der Waals surface area contributed by atoms with Gasteiger partial charge in [-0.25, -0.2) is 8.78 Å². The molecule has 3 aromatic rings. The molecule has 3 rings (SSSR count). The third-order valence-corrected chi connectivity index (χ3v) is 5.17. The zero-order valence-electron chi connectivity index (χ0n) is 17.4. The van der Waals surface area contributed by atoms with Gasteiger partial charge < -0.3 is 9.47 Å². The van der Waals surface area contributed by atoms with E-state index < -0.39 is 12.4 Å². The summed E-state index contributed by atoms with van der Waals surface area (Å²) in [6.45, 7) is 1.33. The van der Waals surface area contributed by atoms with Crippen molar-refractivity contribution in [2.24, 2.45) is 0 Å². The summed E-state index contributed by atoms with van der Waals surface area (Å²) in [6.07, 6.45) is 2.40. The summed E-state index contributed by atoms with van der Waals surface area (Å²) in [5.74, 6) is -0.287. The van der Waals surface area contributed by atoms with E-state index in [1.54, 1.807) is 36.4 Å². The van der Waals surface area contributed by atoms with Crippen LogP contribution < -0.4 is 9.47 Å². The lowest BCUT2D eigenvalue weighted by molar-refractivity contribution is -0.0498. The summed E-state index contributed by atoms with van der Waals surface area (Å²) in [4.78, 5) is 0. The Labute approximate surface area is 179 Å². The van der Waals surface area contributed by atoms with Gasteiger partial charge in [0, 0.05) is 0 Å². The molecule has 0 saturated heterocycles. The lowest BCUT2D eigenvalue weighted by atomic mass is 9.80. The first-order chi connectivity index (χ1) is 14.7. The normalized spacial score (nSPS) is 11.6. The van der Waals surface area contributed by atoms with E-state index >= 15 is 0 Å². The van der Waals surface area contributed by atoms with E-state index in [4.69, 9.17) is 4.74 Å². The largest absolute Gasteiger partial charge is 0.454 e. The molecule has 0 saturated carbocycles. The summed E-state index contributed by atoms with van der Waals surface area (Å²) in [5.41, 5.74) is 1.78. The zero-order chi connectivity index (χ0) is 22.4. The van der Waals surface area contributed by atoms with Gasteiger partial charge in [0.25, 0.3) is 0 Å². The van der Waals surface area contributed by atoms with Crippen LogP contribution in [-0.2, 0) is 11.8 Å². The fourth-order valence-electron chi connectivity index (χ4n) is 3.38. The number of ether oxygens (including phenoxy) is 2. The highest BCUT2D eigenvalue weighted by Gasteiger charge is 2.20. The van der Waals surface area contributed by atoms with Crippen LogP contribution in [0.2, 0.25) is 0 Å². The predicted molar refractivity (Wildman–Crippen MR) is 112 cm³/mol. The monoisotopic (exact) mass is 432 g/mol. The molecular weight excluding hydrogens is 408 g/mol.